The molecule has 4 N–H and O–H groups in total. The highest BCUT2D eigenvalue weighted by Gasteiger charge is 2.34. The molecule has 0 spiro atoms. The van der Waals surface area contributed by atoms with Crippen LogP contribution in [-0.4, -0.2) is 67.1 Å². The monoisotopic (exact) mass is 333 g/mol. The van der Waals surface area contributed by atoms with Crippen molar-refractivity contribution in [1.82, 2.24) is 5.32 Å². The Bertz CT molecular complexity index is 339. The number of carbonyl (C=O) groups is 1. The van der Waals surface area contributed by atoms with Gasteiger partial charge in [-0.25, -0.2) is 4.79 Å². The lowest BCUT2D eigenvalue weighted by Gasteiger charge is -2.35. The first-order chi connectivity index (χ1) is 11.0. The van der Waals surface area contributed by atoms with Gasteiger partial charge in [-0.15, -0.1) is 0 Å². The minimum Gasteiger partial charge on any atom is -0.443 e. The lowest BCUT2D eigenvalue weighted by molar-refractivity contribution is -0.0596. The summed E-state index contributed by atoms with van der Waals surface area (Å²) in [6.45, 7) is 0.820. The minimum atomic E-state index is -1.14. The summed E-state index contributed by atoms with van der Waals surface area (Å²) in [5.41, 5.74) is -1.14. The van der Waals surface area contributed by atoms with E-state index in [-0.39, 0.29) is 18.8 Å². The van der Waals surface area contributed by atoms with Gasteiger partial charge in [0.1, 0.15) is 6.10 Å². The fraction of sp³-hybridized carbons (Fsp3) is 0.938. The zero-order chi connectivity index (χ0) is 17.3. The third-order valence-electron chi connectivity index (χ3n) is 4.71. The van der Waals surface area contributed by atoms with E-state index in [0.29, 0.717) is 5.92 Å². The number of rotatable bonds is 9. The molecule has 7 nitrogen and oxygen atoms in total. The summed E-state index contributed by atoms with van der Waals surface area (Å²) < 4.78 is 10.9. The number of carbonyl (C=O) groups excluding carboxylic acids is 1. The predicted molar refractivity (Wildman–Crippen MR) is 85.0 cm³/mol. The van der Waals surface area contributed by atoms with Crippen LogP contribution in [0.3, 0.4) is 0 Å². The SMILES string of the molecule is CCCC1CCC(OC(=O)NCC(CO)(CO)CO)C(OC)C1. The number of alkyl carbamates (subject to hydrolysis) is 1. The molecule has 0 heterocycles. The van der Waals surface area contributed by atoms with E-state index in [1.54, 1.807) is 7.11 Å². The van der Waals surface area contributed by atoms with E-state index in [1.807, 2.05) is 0 Å². The number of ether oxygens (including phenoxy) is 2. The highest BCUT2D eigenvalue weighted by molar-refractivity contribution is 5.67. The Labute approximate surface area is 138 Å². The van der Waals surface area contributed by atoms with Gasteiger partial charge in [0.15, 0.2) is 0 Å². The molecule has 0 aliphatic heterocycles. The topological polar surface area (TPSA) is 108 Å². The number of aliphatic hydroxyl groups excluding tert-OH is 3. The lowest BCUT2D eigenvalue weighted by atomic mass is 9.83. The van der Waals surface area contributed by atoms with Crippen LogP contribution in [0.15, 0.2) is 0 Å². The van der Waals surface area contributed by atoms with Crippen LogP contribution in [0.25, 0.3) is 0 Å². The van der Waals surface area contributed by atoms with Gasteiger partial charge in [-0.05, 0) is 25.2 Å². The molecular formula is C16H31NO6. The summed E-state index contributed by atoms with van der Waals surface area (Å²) in [4.78, 5) is 11.9. The maximum atomic E-state index is 11.9. The second-order valence-corrected chi connectivity index (χ2v) is 6.51. The molecule has 1 aliphatic rings. The molecule has 1 amide bonds. The summed E-state index contributed by atoms with van der Waals surface area (Å²) >= 11 is 0. The highest BCUT2D eigenvalue weighted by Crippen LogP contribution is 2.31. The molecule has 3 unspecified atom stereocenters. The van der Waals surface area contributed by atoms with Crippen LogP contribution in [0.4, 0.5) is 4.79 Å². The van der Waals surface area contributed by atoms with Gasteiger partial charge in [-0.3, -0.25) is 0 Å². The van der Waals surface area contributed by atoms with E-state index < -0.39 is 31.3 Å². The summed E-state index contributed by atoms with van der Waals surface area (Å²) in [6, 6.07) is 0. The van der Waals surface area contributed by atoms with E-state index in [4.69, 9.17) is 9.47 Å². The van der Waals surface area contributed by atoms with Crippen LogP contribution < -0.4 is 5.32 Å². The Hall–Kier alpha value is -0.890. The molecule has 0 radical (unpaired) electrons. The first-order valence-corrected chi connectivity index (χ1v) is 8.34. The van der Waals surface area contributed by atoms with Gasteiger partial charge >= 0.3 is 6.09 Å². The van der Waals surface area contributed by atoms with Gasteiger partial charge in [0.05, 0.1) is 31.3 Å². The highest BCUT2D eigenvalue weighted by atomic mass is 16.6. The van der Waals surface area contributed by atoms with E-state index in [2.05, 4.69) is 12.2 Å². The van der Waals surface area contributed by atoms with Crippen LogP contribution in [0.2, 0.25) is 0 Å². The Morgan fingerprint density at radius 1 is 1.17 bits per heavy atom. The Morgan fingerprint density at radius 2 is 1.83 bits per heavy atom. The summed E-state index contributed by atoms with van der Waals surface area (Å²) in [5.74, 6) is 0.610. The van der Waals surface area contributed by atoms with Crippen molar-refractivity contribution in [3.05, 3.63) is 0 Å². The first-order valence-electron chi connectivity index (χ1n) is 8.34. The lowest BCUT2D eigenvalue weighted by Crippen LogP contribution is -2.47. The van der Waals surface area contributed by atoms with Crippen molar-refractivity contribution in [2.45, 2.75) is 51.2 Å². The average Bonchev–Trinajstić information content (AvgIpc) is 2.58. The van der Waals surface area contributed by atoms with Crippen LogP contribution in [0.5, 0.6) is 0 Å². The maximum absolute atomic E-state index is 11.9. The van der Waals surface area contributed by atoms with Crippen molar-refractivity contribution in [2.75, 3.05) is 33.5 Å². The van der Waals surface area contributed by atoms with Crippen molar-refractivity contribution in [3.63, 3.8) is 0 Å². The van der Waals surface area contributed by atoms with E-state index in [1.165, 1.54) is 0 Å². The molecule has 0 bridgehead atoms. The summed E-state index contributed by atoms with van der Waals surface area (Å²) in [5, 5.41) is 30.2. The third-order valence-corrected chi connectivity index (χ3v) is 4.71. The average molecular weight is 333 g/mol. The molecule has 3 atom stereocenters. The first kappa shape index (κ1) is 20.2. The van der Waals surface area contributed by atoms with Crippen LogP contribution >= 0.6 is 0 Å². The van der Waals surface area contributed by atoms with Crippen LogP contribution in [0.1, 0.15) is 39.0 Å². The van der Waals surface area contributed by atoms with Crippen LogP contribution in [0, 0.1) is 11.3 Å². The van der Waals surface area contributed by atoms with Gasteiger partial charge in [-0.2, -0.15) is 0 Å². The van der Waals surface area contributed by atoms with E-state index in [9.17, 15) is 20.1 Å². The van der Waals surface area contributed by atoms with Crippen molar-refractivity contribution < 1.29 is 29.6 Å². The number of methoxy groups -OCH3 is 1. The molecule has 0 aromatic heterocycles. The molecule has 0 saturated heterocycles. The molecule has 1 rings (SSSR count). The Kier molecular flexibility index (Phi) is 8.83. The normalized spacial score (nSPS) is 25.2. The Balaban J connectivity index is 2.47. The molecule has 1 aliphatic carbocycles. The quantitative estimate of drug-likeness (QED) is 0.494. The summed E-state index contributed by atoms with van der Waals surface area (Å²) in [6.07, 6.45) is 3.94. The fourth-order valence-electron chi connectivity index (χ4n) is 2.99. The van der Waals surface area contributed by atoms with Gasteiger partial charge in [0, 0.05) is 13.7 Å². The molecular weight excluding hydrogens is 302 g/mol. The second kappa shape index (κ2) is 10.1. The number of hydrogen-bond acceptors (Lipinski definition) is 6. The van der Waals surface area contributed by atoms with Crippen LogP contribution in [-0.2, 0) is 9.47 Å². The maximum Gasteiger partial charge on any atom is 0.407 e. The molecule has 1 saturated carbocycles. The molecule has 7 heteroatoms. The minimum absolute atomic E-state index is 0.0574. The number of amides is 1. The number of nitrogens with one attached hydrogen (secondary N) is 1. The predicted octanol–water partition coefficient (Wildman–Crippen LogP) is 0.660. The van der Waals surface area contributed by atoms with E-state index >= 15 is 0 Å². The smallest absolute Gasteiger partial charge is 0.407 e. The van der Waals surface area contributed by atoms with Gasteiger partial charge in [0.25, 0.3) is 0 Å². The molecule has 0 aromatic rings. The Morgan fingerprint density at radius 3 is 2.35 bits per heavy atom. The standard InChI is InChI=1S/C16H31NO6/c1-3-4-12-5-6-13(14(7-12)22-2)23-15(21)17-8-16(9-18,10-19)11-20/h12-14,18-20H,3-11H2,1-2H3,(H,17,21). The number of hydrogen-bond donors (Lipinski definition) is 4. The molecule has 1 fully saturated rings. The van der Waals surface area contributed by atoms with Gasteiger partial charge in [-0.1, -0.05) is 19.8 Å². The zero-order valence-electron chi connectivity index (χ0n) is 14.2. The van der Waals surface area contributed by atoms with Gasteiger partial charge in [0.2, 0.25) is 0 Å². The van der Waals surface area contributed by atoms with Gasteiger partial charge < -0.3 is 30.1 Å². The molecule has 136 valence electrons. The van der Waals surface area contributed by atoms with Crippen molar-refractivity contribution >= 4 is 6.09 Å². The second-order valence-electron chi connectivity index (χ2n) is 6.51. The number of aliphatic hydroxyl groups is 3. The fourth-order valence-corrected chi connectivity index (χ4v) is 2.99. The molecule has 0 aromatic carbocycles. The van der Waals surface area contributed by atoms with Crippen molar-refractivity contribution in [3.8, 4) is 0 Å². The third kappa shape index (κ3) is 5.91. The summed E-state index contributed by atoms with van der Waals surface area (Å²) in [7, 11) is 1.63. The van der Waals surface area contributed by atoms with Crippen molar-refractivity contribution in [1.29, 1.82) is 0 Å². The zero-order valence-corrected chi connectivity index (χ0v) is 14.2. The van der Waals surface area contributed by atoms with E-state index in [0.717, 1.165) is 32.1 Å². The van der Waals surface area contributed by atoms with Crippen molar-refractivity contribution in [2.24, 2.45) is 11.3 Å². The largest absolute Gasteiger partial charge is 0.443 e. The molecule has 23 heavy (non-hydrogen) atoms.